The highest BCUT2D eigenvalue weighted by molar-refractivity contribution is 4.53. The van der Waals surface area contributed by atoms with Gasteiger partial charge in [-0.05, 0) is 12.8 Å². The molecule has 0 heteroatoms. The number of hydrogen-bond donors (Lipinski definition) is 0. The van der Waals surface area contributed by atoms with Gasteiger partial charge in [0.1, 0.15) is 0 Å². The van der Waals surface area contributed by atoms with Crippen LogP contribution in [0, 0.1) is 12.8 Å². The van der Waals surface area contributed by atoms with E-state index in [4.69, 9.17) is 0 Å². The quantitative estimate of drug-likeness (QED) is 0.451. The molecule has 0 bridgehead atoms. The molecule has 0 amide bonds. The zero-order valence-electron chi connectivity index (χ0n) is 4.70. The summed E-state index contributed by atoms with van der Waals surface area (Å²) in [6.07, 6.45) is 2.44. The summed E-state index contributed by atoms with van der Waals surface area (Å²) in [6, 6.07) is 0. The van der Waals surface area contributed by atoms with E-state index in [2.05, 4.69) is 20.8 Å². The second kappa shape index (κ2) is 3.08. The first-order chi connectivity index (χ1) is 2.81. The van der Waals surface area contributed by atoms with Crippen molar-refractivity contribution >= 4 is 0 Å². The topological polar surface area (TPSA) is 0 Å². The number of hydrogen-bond acceptors (Lipinski definition) is 0. The SMILES string of the molecule is [CH2+]C(CC)CC. The average Bonchev–Trinajstić information content (AvgIpc) is 1.65. The summed E-state index contributed by atoms with van der Waals surface area (Å²) in [7, 11) is 0. The highest BCUT2D eigenvalue weighted by Gasteiger charge is 1.97. The Morgan fingerprint density at radius 1 is 1.33 bits per heavy atom. The normalized spacial score (nSPS) is 9.83. The monoisotopic (exact) mass is 85.1 g/mol. The Morgan fingerprint density at radius 2 is 1.67 bits per heavy atom. The van der Waals surface area contributed by atoms with E-state index in [-0.39, 0.29) is 0 Å². The minimum atomic E-state index is 0.685. The Balaban J connectivity index is 2.75. The zero-order valence-corrected chi connectivity index (χ0v) is 4.70. The van der Waals surface area contributed by atoms with Crippen molar-refractivity contribution in [3.8, 4) is 0 Å². The highest BCUT2D eigenvalue weighted by Crippen LogP contribution is 2.02. The summed E-state index contributed by atoms with van der Waals surface area (Å²) in [4.78, 5) is 0. The van der Waals surface area contributed by atoms with E-state index in [0.29, 0.717) is 5.92 Å². The van der Waals surface area contributed by atoms with Crippen LogP contribution in [-0.4, -0.2) is 0 Å². The Hall–Kier alpha value is -0.130. The molecule has 0 radical (unpaired) electrons. The van der Waals surface area contributed by atoms with Crippen LogP contribution in [0.2, 0.25) is 0 Å². The van der Waals surface area contributed by atoms with Crippen LogP contribution in [0.3, 0.4) is 0 Å². The first-order valence-corrected chi connectivity index (χ1v) is 2.64. The maximum atomic E-state index is 3.88. The Morgan fingerprint density at radius 3 is 1.67 bits per heavy atom. The van der Waals surface area contributed by atoms with Gasteiger partial charge in [0, 0.05) is 0 Å². The second-order valence-corrected chi connectivity index (χ2v) is 1.68. The van der Waals surface area contributed by atoms with Crippen LogP contribution >= 0.6 is 0 Å². The Kier molecular flexibility index (Phi) is 3.01. The largest absolute Gasteiger partial charge is 0.0947 e. The summed E-state index contributed by atoms with van der Waals surface area (Å²) in [5.74, 6) is 0.685. The van der Waals surface area contributed by atoms with Gasteiger partial charge in [-0.2, -0.15) is 0 Å². The predicted octanol–water partition coefficient (Wildman–Crippen LogP) is 2.26. The molecule has 0 aromatic rings. The molecule has 0 atom stereocenters. The van der Waals surface area contributed by atoms with Crippen LogP contribution in [0.15, 0.2) is 0 Å². The standard InChI is InChI=1S/C6H13/c1-4-6(3)5-2/h6H,3-5H2,1-2H3/q+1. The molecule has 0 heterocycles. The van der Waals surface area contributed by atoms with Crippen LogP contribution in [0.4, 0.5) is 0 Å². The van der Waals surface area contributed by atoms with Gasteiger partial charge in [-0.15, -0.1) is 0 Å². The summed E-state index contributed by atoms with van der Waals surface area (Å²) in [5.41, 5.74) is 0. The molecule has 0 nitrogen and oxygen atoms in total. The molecule has 6 heavy (non-hydrogen) atoms. The fourth-order valence-corrected chi connectivity index (χ4v) is 0.289. The van der Waals surface area contributed by atoms with Crippen molar-refractivity contribution in [3.63, 3.8) is 0 Å². The Labute approximate surface area is 40.6 Å². The van der Waals surface area contributed by atoms with Gasteiger partial charge in [-0.3, -0.25) is 0 Å². The molecule has 0 fully saturated rings. The molecule has 0 saturated carbocycles. The van der Waals surface area contributed by atoms with E-state index in [1.807, 2.05) is 0 Å². The van der Waals surface area contributed by atoms with Gasteiger partial charge < -0.3 is 0 Å². The van der Waals surface area contributed by atoms with Crippen molar-refractivity contribution in [1.82, 2.24) is 0 Å². The van der Waals surface area contributed by atoms with Crippen molar-refractivity contribution < 1.29 is 0 Å². The summed E-state index contributed by atoms with van der Waals surface area (Å²) in [5, 5.41) is 0. The molecule has 0 rings (SSSR count). The van der Waals surface area contributed by atoms with E-state index >= 15 is 0 Å². The van der Waals surface area contributed by atoms with Gasteiger partial charge in [0.05, 0.1) is 12.8 Å². The molecule has 36 valence electrons. The fraction of sp³-hybridized carbons (Fsp3) is 0.833. The van der Waals surface area contributed by atoms with Crippen LogP contribution < -0.4 is 0 Å². The third-order valence-corrected chi connectivity index (χ3v) is 1.15. The van der Waals surface area contributed by atoms with Gasteiger partial charge in [-0.25, -0.2) is 0 Å². The molecule has 0 spiro atoms. The molecule has 0 aromatic carbocycles. The third kappa shape index (κ3) is 2.13. The van der Waals surface area contributed by atoms with Gasteiger partial charge >= 0.3 is 0 Å². The molecule has 0 unspecified atom stereocenters. The highest BCUT2D eigenvalue weighted by atomic mass is 13.9. The van der Waals surface area contributed by atoms with Crippen LogP contribution in [0.1, 0.15) is 26.7 Å². The summed E-state index contributed by atoms with van der Waals surface area (Å²) in [6.45, 7) is 8.21. The first kappa shape index (κ1) is 5.87. The lowest BCUT2D eigenvalue weighted by Gasteiger charge is -1.90. The second-order valence-electron chi connectivity index (χ2n) is 1.68. The van der Waals surface area contributed by atoms with Gasteiger partial charge in [0.2, 0.25) is 0 Å². The van der Waals surface area contributed by atoms with Crippen LogP contribution in [0.5, 0.6) is 0 Å². The fourth-order valence-electron chi connectivity index (χ4n) is 0.289. The zero-order chi connectivity index (χ0) is 4.99. The van der Waals surface area contributed by atoms with Crippen molar-refractivity contribution in [2.45, 2.75) is 26.7 Å². The summed E-state index contributed by atoms with van der Waals surface area (Å²) >= 11 is 0. The van der Waals surface area contributed by atoms with Crippen LogP contribution in [-0.2, 0) is 0 Å². The molecular formula is C6H13+. The smallest absolute Gasteiger partial charge is 0.0610 e. The number of rotatable bonds is 2. The van der Waals surface area contributed by atoms with Crippen molar-refractivity contribution in [1.29, 1.82) is 0 Å². The average molecular weight is 85.2 g/mol. The lowest BCUT2D eigenvalue weighted by atomic mass is 10.1. The molecule has 0 aliphatic heterocycles. The summed E-state index contributed by atoms with van der Waals surface area (Å²) < 4.78 is 0. The predicted molar refractivity (Wildman–Crippen MR) is 29.4 cm³/mol. The first-order valence-electron chi connectivity index (χ1n) is 2.64. The maximum absolute atomic E-state index is 3.88. The lowest BCUT2D eigenvalue weighted by molar-refractivity contribution is 0.602. The van der Waals surface area contributed by atoms with Gasteiger partial charge in [0.25, 0.3) is 0 Å². The van der Waals surface area contributed by atoms with Crippen molar-refractivity contribution in [2.75, 3.05) is 0 Å². The van der Waals surface area contributed by atoms with E-state index in [1.165, 1.54) is 12.8 Å². The van der Waals surface area contributed by atoms with Crippen molar-refractivity contribution in [3.05, 3.63) is 6.92 Å². The molecule has 0 saturated heterocycles. The lowest BCUT2D eigenvalue weighted by Crippen LogP contribution is -1.85. The molecule has 0 aliphatic carbocycles. The van der Waals surface area contributed by atoms with Crippen molar-refractivity contribution in [2.24, 2.45) is 5.92 Å². The van der Waals surface area contributed by atoms with E-state index < -0.39 is 0 Å². The van der Waals surface area contributed by atoms with E-state index in [1.54, 1.807) is 0 Å². The van der Waals surface area contributed by atoms with E-state index in [9.17, 15) is 0 Å². The maximum Gasteiger partial charge on any atom is 0.0947 e. The van der Waals surface area contributed by atoms with Crippen LogP contribution in [0.25, 0.3) is 0 Å². The Bertz CT molecular complexity index is 19.2. The van der Waals surface area contributed by atoms with Gasteiger partial charge in [-0.1, -0.05) is 13.8 Å². The molecule has 0 aliphatic rings. The molecule has 0 aromatic heterocycles. The minimum Gasteiger partial charge on any atom is -0.0610 e. The molecule has 0 N–H and O–H groups in total. The minimum absolute atomic E-state index is 0.685. The third-order valence-electron chi connectivity index (χ3n) is 1.15. The van der Waals surface area contributed by atoms with E-state index in [0.717, 1.165) is 0 Å². The molecular weight excluding hydrogens is 72.1 g/mol. The van der Waals surface area contributed by atoms with Gasteiger partial charge in [0.15, 0.2) is 0 Å².